The maximum atomic E-state index is 12.6. The lowest BCUT2D eigenvalue weighted by atomic mass is 10.2. The molecule has 1 fully saturated rings. The molecule has 3 heterocycles. The van der Waals surface area contributed by atoms with Gasteiger partial charge in [-0.3, -0.25) is 9.48 Å². The molecule has 2 atom stereocenters. The van der Waals surface area contributed by atoms with E-state index in [1.165, 1.54) is 0 Å². The van der Waals surface area contributed by atoms with Crippen molar-refractivity contribution in [2.24, 2.45) is 0 Å². The molecule has 9 heteroatoms. The number of carbonyl (C=O) groups excluding carboxylic acids is 1. The zero-order valence-corrected chi connectivity index (χ0v) is 17.4. The van der Waals surface area contributed by atoms with E-state index in [1.54, 1.807) is 55.5 Å². The number of hydrogen-bond acceptors (Lipinski definition) is 7. The number of benzene rings is 1. The van der Waals surface area contributed by atoms with Crippen molar-refractivity contribution < 1.29 is 9.53 Å². The summed E-state index contributed by atoms with van der Waals surface area (Å²) in [6, 6.07) is 10.8. The van der Waals surface area contributed by atoms with E-state index < -0.39 is 0 Å². The van der Waals surface area contributed by atoms with Crippen molar-refractivity contribution in [1.29, 1.82) is 5.26 Å². The summed E-state index contributed by atoms with van der Waals surface area (Å²) in [7, 11) is 1.68. The number of amides is 1. The maximum absolute atomic E-state index is 12.6. The number of hydrogen-bond donors (Lipinski definition) is 1. The zero-order chi connectivity index (χ0) is 21.8. The second-order valence-electron chi connectivity index (χ2n) is 7.38. The van der Waals surface area contributed by atoms with E-state index in [0.717, 1.165) is 17.7 Å². The highest BCUT2D eigenvalue weighted by atomic mass is 16.5. The molecule has 0 radical (unpaired) electrons. The van der Waals surface area contributed by atoms with E-state index in [0.29, 0.717) is 30.3 Å². The van der Waals surface area contributed by atoms with Crippen LogP contribution in [0, 0.1) is 11.3 Å². The Morgan fingerprint density at radius 1 is 1.32 bits per heavy atom. The van der Waals surface area contributed by atoms with Gasteiger partial charge in [-0.05, 0) is 43.7 Å². The van der Waals surface area contributed by atoms with Crippen LogP contribution in [0.15, 0.2) is 48.9 Å². The summed E-state index contributed by atoms with van der Waals surface area (Å²) < 4.78 is 6.93. The molecule has 1 aliphatic heterocycles. The number of nitrogens with one attached hydrogen (secondary N) is 1. The van der Waals surface area contributed by atoms with Crippen LogP contribution in [-0.2, 0) is 4.74 Å². The first-order chi connectivity index (χ1) is 15.1. The summed E-state index contributed by atoms with van der Waals surface area (Å²) in [4.78, 5) is 23.3. The summed E-state index contributed by atoms with van der Waals surface area (Å²) in [5.74, 6) is 0.438. The fraction of sp³-hybridized carbons (Fsp3) is 0.318. The first-order valence-corrected chi connectivity index (χ1v) is 10.0. The van der Waals surface area contributed by atoms with E-state index in [2.05, 4.69) is 26.5 Å². The number of nitriles is 1. The van der Waals surface area contributed by atoms with Crippen molar-refractivity contribution in [3.05, 3.63) is 54.5 Å². The number of methoxy groups -OCH3 is 1. The van der Waals surface area contributed by atoms with Gasteiger partial charge in [0.2, 0.25) is 5.95 Å². The number of ether oxygens (including phenoxy) is 1. The van der Waals surface area contributed by atoms with Gasteiger partial charge in [-0.1, -0.05) is 0 Å². The Hall–Kier alpha value is -3.77. The van der Waals surface area contributed by atoms with Crippen molar-refractivity contribution in [2.45, 2.75) is 25.5 Å². The third-order valence-electron chi connectivity index (χ3n) is 5.29. The summed E-state index contributed by atoms with van der Waals surface area (Å²) >= 11 is 0. The predicted octanol–water partition coefficient (Wildman–Crippen LogP) is 3.03. The molecule has 3 aromatic rings. The molecular weight excluding hydrogens is 394 g/mol. The average Bonchev–Trinajstić information content (AvgIpc) is 3.49. The van der Waals surface area contributed by atoms with Gasteiger partial charge in [0.15, 0.2) is 0 Å². The van der Waals surface area contributed by atoms with Gasteiger partial charge in [-0.15, -0.1) is 0 Å². The number of aromatic nitrogens is 4. The molecule has 0 aliphatic carbocycles. The smallest absolute Gasteiger partial charge is 0.253 e. The topological polar surface area (TPSA) is 109 Å². The van der Waals surface area contributed by atoms with Gasteiger partial charge < -0.3 is 15.0 Å². The van der Waals surface area contributed by atoms with E-state index in [9.17, 15) is 4.79 Å². The van der Waals surface area contributed by atoms with Crippen LogP contribution in [0.25, 0.3) is 11.3 Å². The number of likely N-dealkylation sites (tertiary alicyclic amines) is 1. The Morgan fingerprint density at radius 2 is 2.13 bits per heavy atom. The Balaban J connectivity index is 1.44. The van der Waals surface area contributed by atoms with E-state index >= 15 is 0 Å². The molecule has 1 N–H and O–H groups in total. The van der Waals surface area contributed by atoms with Gasteiger partial charge in [0.1, 0.15) is 6.04 Å². The molecule has 158 valence electrons. The van der Waals surface area contributed by atoms with E-state index in [-0.39, 0.29) is 18.1 Å². The Labute approximate surface area is 180 Å². The van der Waals surface area contributed by atoms with Gasteiger partial charge in [-0.25, -0.2) is 9.97 Å². The Kier molecular flexibility index (Phi) is 5.91. The third-order valence-corrected chi connectivity index (χ3v) is 5.29. The lowest BCUT2D eigenvalue weighted by molar-refractivity contribution is 0.0724. The normalized spacial score (nSPS) is 16.7. The highest BCUT2D eigenvalue weighted by molar-refractivity contribution is 5.94. The molecule has 1 unspecified atom stereocenters. The average molecular weight is 417 g/mol. The fourth-order valence-corrected chi connectivity index (χ4v) is 3.43. The highest BCUT2D eigenvalue weighted by Gasteiger charge is 2.26. The van der Waals surface area contributed by atoms with Crippen LogP contribution in [0.5, 0.6) is 0 Å². The molecule has 1 aromatic carbocycles. The first kappa shape index (κ1) is 20.5. The van der Waals surface area contributed by atoms with Crippen LogP contribution in [0.3, 0.4) is 0 Å². The summed E-state index contributed by atoms with van der Waals surface area (Å²) in [6.07, 6.45) is 6.10. The minimum atomic E-state index is -0.352. The Morgan fingerprint density at radius 3 is 2.84 bits per heavy atom. The molecule has 1 amide bonds. The SMILES string of the molecule is CO[C@H]1CCN(C(=O)c2ccc(Nc3nccc(-c4cnn(C(C)C#N)c4)n3)cc2)C1. The summed E-state index contributed by atoms with van der Waals surface area (Å²) in [5.41, 5.74) is 2.91. The van der Waals surface area contributed by atoms with Crippen LogP contribution in [0.2, 0.25) is 0 Å². The lowest BCUT2D eigenvalue weighted by Gasteiger charge is -2.16. The van der Waals surface area contributed by atoms with Crippen LogP contribution >= 0.6 is 0 Å². The third kappa shape index (κ3) is 4.54. The number of carbonyl (C=O) groups is 1. The zero-order valence-electron chi connectivity index (χ0n) is 17.4. The Bertz CT molecular complexity index is 1100. The highest BCUT2D eigenvalue weighted by Crippen LogP contribution is 2.21. The maximum Gasteiger partial charge on any atom is 0.253 e. The van der Waals surface area contributed by atoms with Gasteiger partial charge in [0, 0.05) is 49.4 Å². The molecule has 1 saturated heterocycles. The first-order valence-electron chi connectivity index (χ1n) is 10.0. The number of anilines is 2. The molecule has 9 nitrogen and oxygen atoms in total. The van der Waals surface area contributed by atoms with Gasteiger partial charge in [-0.2, -0.15) is 10.4 Å². The van der Waals surface area contributed by atoms with Crippen LogP contribution < -0.4 is 5.32 Å². The van der Waals surface area contributed by atoms with Gasteiger partial charge >= 0.3 is 0 Å². The van der Waals surface area contributed by atoms with Gasteiger partial charge in [0.25, 0.3) is 5.91 Å². The summed E-state index contributed by atoms with van der Waals surface area (Å²) in [5, 5.41) is 16.4. The summed E-state index contributed by atoms with van der Waals surface area (Å²) in [6.45, 7) is 3.11. The molecule has 0 spiro atoms. The predicted molar refractivity (Wildman–Crippen MR) is 115 cm³/mol. The van der Waals surface area contributed by atoms with E-state index in [4.69, 9.17) is 10.00 Å². The molecule has 4 rings (SSSR count). The lowest BCUT2D eigenvalue weighted by Crippen LogP contribution is -2.29. The monoisotopic (exact) mass is 417 g/mol. The second kappa shape index (κ2) is 8.93. The van der Waals surface area contributed by atoms with Crippen molar-refractivity contribution >= 4 is 17.5 Å². The minimum absolute atomic E-state index is 0.00737. The molecule has 0 bridgehead atoms. The van der Waals surface area contributed by atoms with Crippen molar-refractivity contribution in [3.8, 4) is 17.3 Å². The van der Waals surface area contributed by atoms with Crippen molar-refractivity contribution in [2.75, 3.05) is 25.5 Å². The second-order valence-corrected chi connectivity index (χ2v) is 7.38. The largest absolute Gasteiger partial charge is 0.380 e. The minimum Gasteiger partial charge on any atom is -0.380 e. The molecule has 0 saturated carbocycles. The molecule has 1 aliphatic rings. The van der Waals surface area contributed by atoms with Crippen LogP contribution in [0.4, 0.5) is 11.6 Å². The molecule has 2 aromatic heterocycles. The number of nitrogens with zero attached hydrogens (tertiary/aromatic N) is 6. The van der Waals surface area contributed by atoms with Crippen LogP contribution in [0.1, 0.15) is 29.7 Å². The van der Waals surface area contributed by atoms with E-state index in [1.807, 2.05) is 17.0 Å². The van der Waals surface area contributed by atoms with Crippen molar-refractivity contribution in [3.63, 3.8) is 0 Å². The number of rotatable bonds is 6. The molecule has 31 heavy (non-hydrogen) atoms. The molecular formula is C22H23N7O2. The van der Waals surface area contributed by atoms with Gasteiger partial charge in [0.05, 0.1) is 24.1 Å². The van der Waals surface area contributed by atoms with Crippen molar-refractivity contribution in [1.82, 2.24) is 24.6 Å². The van der Waals surface area contributed by atoms with Crippen LogP contribution in [-0.4, -0.2) is 56.9 Å². The standard InChI is InChI=1S/C22H23N7O2/c1-15(11-23)29-13-17(12-25-29)20-7-9-24-22(27-20)26-18-5-3-16(4-6-18)21(30)28-10-8-19(14-28)31-2/h3-7,9,12-13,15,19H,8,10,14H2,1-2H3,(H,24,26,27)/t15?,19-/m0/s1. The fourth-order valence-electron chi connectivity index (χ4n) is 3.43. The quantitative estimate of drug-likeness (QED) is 0.656.